The SMILES string of the molecule is COc1c(N)cc([N+](=O)[O-])cc1C(C)C(=O)O. The fourth-order valence-electron chi connectivity index (χ4n) is 1.45. The molecular formula is C10H12N2O5. The Balaban J connectivity index is 3.43. The van der Waals surface area contributed by atoms with Gasteiger partial charge in [0.25, 0.3) is 5.69 Å². The minimum absolute atomic E-state index is 0.0461. The summed E-state index contributed by atoms with van der Waals surface area (Å²) in [5.41, 5.74) is 5.56. The fourth-order valence-corrected chi connectivity index (χ4v) is 1.45. The molecule has 3 N–H and O–H groups in total. The Labute approximate surface area is 97.0 Å². The Bertz CT molecular complexity index is 472. The molecule has 0 aromatic heterocycles. The van der Waals surface area contributed by atoms with Crippen LogP contribution in [-0.2, 0) is 4.79 Å². The third-order valence-corrected chi connectivity index (χ3v) is 2.38. The Morgan fingerprint density at radius 3 is 2.59 bits per heavy atom. The second-order valence-electron chi connectivity index (χ2n) is 3.47. The topological polar surface area (TPSA) is 116 Å². The summed E-state index contributed by atoms with van der Waals surface area (Å²) in [5, 5.41) is 19.6. The van der Waals surface area contributed by atoms with Gasteiger partial charge in [-0.3, -0.25) is 14.9 Å². The van der Waals surface area contributed by atoms with E-state index in [4.69, 9.17) is 15.6 Å². The maximum Gasteiger partial charge on any atom is 0.310 e. The zero-order valence-corrected chi connectivity index (χ0v) is 9.34. The number of aliphatic carboxylic acids is 1. The first-order valence-corrected chi connectivity index (χ1v) is 4.73. The number of non-ortho nitro benzene ring substituents is 1. The van der Waals surface area contributed by atoms with Crippen LogP contribution in [0.15, 0.2) is 12.1 Å². The zero-order valence-electron chi connectivity index (χ0n) is 9.34. The summed E-state index contributed by atoms with van der Waals surface area (Å²) in [5.74, 6) is -1.89. The smallest absolute Gasteiger partial charge is 0.310 e. The molecule has 0 aliphatic heterocycles. The minimum Gasteiger partial charge on any atom is -0.494 e. The molecular weight excluding hydrogens is 228 g/mol. The van der Waals surface area contributed by atoms with Gasteiger partial charge in [-0.05, 0) is 6.92 Å². The molecule has 1 unspecified atom stereocenters. The number of carboxylic acids is 1. The van der Waals surface area contributed by atoms with Crippen LogP contribution in [0, 0.1) is 10.1 Å². The van der Waals surface area contributed by atoms with E-state index in [1.807, 2.05) is 0 Å². The number of nitro groups is 1. The number of ether oxygens (including phenoxy) is 1. The van der Waals surface area contributed by atoms with Crippen LogP contribution < -0.4 is 10.5 Å². The van der Waals surface area contributed by atoms with E-state index in [-0.39, 0.29) is 22.7 Å². The average molecular weight is 240 g/mol. The number of benzene rings is 1. The monoisotopic (exact) mass is 240 g/mol. The highest BCUT2D eigenvalue weighted by Crippen LogP contribution is 2.36. The van der Waals surface area contributed by atoms with E-state index < -0.39 is 16.8 Å². The van der Waals surface area contributed by atoms with Crippen molar-refractivity contribution in [1.29, 1.82) is 0 Å². The molecule has 1 aromatic rings. The van der Waals surface area contributed by atoms with E-state index in [1.54, 1.807) is 0 Å². The fraction of sp³-hybridized carbons (Fsp3) is 0.300. The molecule has 0 radical (unpaired) electrons. The lowest BCUT2D eigenvalue weighted by Gasteiger charge is -2.13. The van der Waals surface area contributed by atoms with Crippen molar-refractivity contribution >= 4 is 17.3 Å². The largest absolute Gasteiger partial charge is 0.494 e. The van der Waals surface area contributed by atoms with E-state index in [1.165, 1.54) is 14.0 Å². The molecule has 1 aromatic carbocycles. The van der Waals surface area contributed by atoms with Crippen LogP contribution in [0.1, 0.15) is 18.4 Å². The molecule has 1 atom stereocenters. The Hall–Kier alpha value is -2.31. The summed E-state index contributed by atoms with van der Waals surface area (Å²) in [4.78, 5) is 20.9. The molecule has 7 nitrogen and oxygen atoms in total. The van der Waals surface area contributed by atoms with Gasteiger partial charge in [0, 0.05) is 17.7 Å². The van der Waals surface area contributed by atoms with Gasteiger partial charge in [0.05, 0.1) is 23.6 Å². The number of nitrogen functional groups attached to an aromatic ring is 1. The van der Waals surface area contributed by atoms with E-state index in [0.29, 0.717) is 0 Å². The normalized spacial score (nSPS) is 11.9. The van der Waals surface area contributed by atoms with Gasteiger partial charge in [-0.15, -0.1) is 0 Å². The molecule has 0 spiro atoms. The number of methoxy groups -OCH3 is 1. The van der Waals surface area contributed by atoms with Crippen LogP contribution >= 0.6 is 0 Å². The van der Waals surface area contributed by atoms with Crippen molar-refractivity contribution in [3.05, 3.63) is 27.8 Å². The highest BCUT2D eigenvalue weighted by atomic mass is 16.6. The van der Waals surface area contributed by atoms with Crippen molar-refractivity contribution in [3.63, 3.8) is 0 Å². The predicted octanol–water partition coefficient (Wildman–Crippen LogP) is 1.37. The molecule has 92 valence electrons. The first kappa shape index (κ1) is 12.8. The summed E-state index contributed by atoms with van der Waals surface area (Å²) >= 11 is 0. The third-order valence-electron chi connectivity index (χ3n) is 2.38. The number of nitrogens with zero attached hydrogens (tertiary/aromatic N) is 1. The number of nitrogens with two attached hydrogens (primary N) is 1. The Morgan fingerprint density at radius 2 is 2.18 bits per heavy atom. The van der Waals surface area contributed by atoms with Crippen LogP contribution in [-0.4, -0.2) is 23.1 Å². The van der Waals surface area contributed by atoms with E-state index in [9.17, 15) is 14.9 Å². The molecule has 0 bridgehead atoms. The Kier molecular flexibility index (Phi) is 3.52. The van der Waals surface area contributed by atoms with E-state index in [2.05, 4.69) is 0 Å². The number of carboxylic acid groups (broad SMARTS) is 1. The zero-order chi connectivity index (χ0) is 13.2. The lowest BCUT2D eigenvalue weighted by molar-refractivity contribution is -0.384. The summed E-state index contributed by atoms with van der Waals surface area (Å²) < 4.78 is 4.97. The van der Waals surface area contributed by atoms with Crippen LogP contribution in [0.5, 0.6) is 5.75 Å². The molecule has 0 heterocycles. The summed E-state index contributed by atoms with van der Waals surface area (Å²) in [7, 11) is 1.33. The lowest BCUT2D eigenvalue weighted by Crippen LogP contribution is -2.10. The number of nitro benzene ring substituents is 1. The van der Waals surface area contributed by atoms with Gasteiger partial charge in [0.1, 0.15) is 5.75 Å². The lowest BCUT2D eigenvalue weighted by atomic mass is 9.98. The first-order chi connectivity index (χ1) is 7.88. The molecule has 1 rings (SSSR count). The highest BCUT2D eigenvalue weighted by Gasteiger charge is 2.23. The van der Waals surface area contributed by atoms with E-state index >= 15 is 0 Å². The number of carbonyl (C=O) groups is 1. The highest BCUT2D eigenvalue weighted by molar-refractivity contribution is 5.79. The molecule has 0 aliphatic rings. The van der Waals surface area contributed by atoms with Crippen molar-refractivity contribution < 1.29 is 19.6 Å². The molecule has 0 amide bonds. The first-order valence-electron chi connectivity index (χ1n) is 4.73. The van der Waals surface area contributed by atoms with E-state index in [0.717, 1.165) is 12.1 Å². The van der Waals surface area contributed by atoms with Crippen molar-refractivity contribution in [3.8, 4) is 5.75 Å². The number of anilines is 1. The third kappa shape index (κ3) is 2.44. The average Bonchev–Trinajstić information content (AvgIpc) is 2.26. The van der Waals surface area contributed by atoms with Crippen LogP contribution in [0.2, 0.25) is 0 Å². The van der Waals surface area contributed by atoms with Gasteiger partial charge in [0.2, 0.25) is 0 Å². The molecule has 0 saturated heterocycles. The summed E-state index contributed by atoms with van der Waals surface area (Å²) in [6, 6.07) is 2.30. The van der Waals surface area contributed by atoms with Gasteiger partial charge in [0.15, 0.2) is 0 Å². The molecule has 0 aliphatic carbocycles. The van der Waals surface area contributed by atoms with Gasteiger partial charge in [-0.1, -0.05) is 0 Å². The van der Waals surface area contributed by atoms with Crippen LogP contribution in [0.3, 0.4) is 0 Å². The minimum atomic E-state index is -1.11. The second kappa shape index (κ2) is 4.69. The second-order valence-corrected chi connectivity index (χ2v) is 3.47. The summed E-state index contributed by atoms with van der Waals surface area (Å²) in [6.45, 7) is 1.41. The predicted molar refractivity (Wildman–Crippen MR) is 60.1 cm³/mol. The van der Waals surface area contributed by atoms with Gasteiger partial charge < -0.3 is 15.6 Å². The van der Waals surface area contributed by atoms with Crippen molar-refractivity contribution in [2.75, 3.05) is 12.8 Å². The van der Waals surface area contributed by atoms with Gasteiger partial charge in [-0.25, -0.2) is 0 Å². The Morgan fingerprint density at radius 1 is 1.59 bits per heavy atom. The molecule has 0 saturated carbocycles. The molecule has 17 heavy (non-hydrogen) atoms. The number of hydrogen-bond acceptors (Lipinski definition) is 5. The van der Waals surface area contributed by atoms with Gasteiger partial charge >= 0.3 is 5.97 Å². The molecule has 0 fully saturated rings. The van der Waals surface area contributed by atoms with Crippen molar-refractivity contribution in [1.82, 2.24) is 0 Å². The van der Waals surface area contributed by atoms with Crippen molar-refractivity contribution in [2.45, 2.75) is 12.8 Å². The number of hydrogen-bond donors (Lipinski definition) is 2. The number of rotatable bonds is 4. The van der Waals surface area contributed by atoms with Crippen molar-refractivity contribution in [2.24, 2.45) is 0 Å². The maximum absolute atomic E-state index is 10.9. The standard InChI is InChI=1S/C10H12N2O5/c1-5(10(13)14)7-3-6(12(15)16)4-8(11)9(7)17-2/h3-5H,11H2,1-2H3,(H,13,14). The van der Waals surface area contributed by atoms with Crippen LogP contribution in [0.4, 0.5) is 11.4 Å². The van der Waals surface area contributed by atoms with Crippen LogP contribution in [0.25, 0.3) is 0 Å². The maximum atomic E-state index is 10.9. The molecule has 7 heteroatoms. The quantitative estimate of drug-likeness (QED) is 0.466. The van der Waals surface area contributed by atoms with Gasteiger partial charge in [-0.2, -0.15) is 0 Å². The summed E-state index contributed by atoms with van der Waals surface area (Å²) in [6.07, 6.45) is 0.